The highest BCUT2D eigenvalue weighted by molar-refractivity contribution is 7.12. The number of hydrogen-bond acceptors (Lipinski definition) is 2. The number of halogens is 1. The van der Waals surface area contributed by atoms with E-state index in [1.807, 2.05) is 12.1 Å². The first-order chi connectivity index (χ1) is 8.11. The van der Waals surface area contributed by atoms with E-state index in [2.05, 4.69) is 6.92 Å². The van der Waals surface area contributed by atoms with Crippen molar-refractivity contribution in [2.24, 2.45) is 0 Å². The van der Waals surface area contributed by atoms with Crippen molar-refractivity contribution in [3.8, 4) is 0 Å². The molecule has 0 spiro atoms. The number of rotatable bonds is 3. The predicted molar refractivity (Wildman–Crippen MR) is 68.9 cm³/mol. The Balaban J connectivity index is 2.29. The van der Waals surface area contributed by atoms with Crippen LogP contribution in [0.2, 0.25) is 0 Å². The SMILES string of the molecule is CCc1ccc(C(O)c2ccc(F)c(C)c2)s1. The Hall–Kier alpha value is -1.19. The van der Waals surface area contributed by atoms with E-state index in [9.17, 15) is 9.50 Å². The Bertz CT molecular complexity index is 519. The van der Waals surface area contributed by atoms with Gasteiger partial charge in [0, 0.05) is 9.75 Å². The molecule has 0 amide bonds. The third-order valence-electron chi connectivity index (χ3n) is 2.80. The molecule has 90 valence electrons. The molecular formula is C14H15FOS. The summed E-state index contributed by atoms with van der Waals surface area (Å²) in [6.45, 7) is 3.79. The van der Waals surface area contributed by atoms with E-state index in [4.69, 9.17) is 0 Å². The normalized spacial score (nSPS) is 12.7. The number of hydrogen-bond donors (Lipinski definition) is 1. The quantitative estimate of drug-likeness (QED) is 0.877. The lowest BCUT2D eigenvalue weighted by Gasteiger charge is -2.10. The van der Waals surface area contributed by atoms with Gasteiger partial charge >= 0.3 is 0 Å². The molecule has 1 N–H and O–H groups in total. The van der Waals surface area contributed by atoms with Gasteiger partial charge in [0.2, 0.25) is 0 Å². The van der Waals surface area contributed by atoms with Gasteiger partial charge in [-0.05, 0) is 42.7 Å². The van der Waals surface area contributed by atoms with Gasteiger partial charge in [0.15, 0.2) is 0 Å². The van der Waals surface area contributed by atoms with E-state index in [1.54, 1.807) is 30.4 Å². The maximum absolute atomic E-state index is 13.1. The highest BCUT2D eigenvalue weighted by Gasteiger charge is 2.13. The second-order valence-electron chi connectivity index (χ2n) is 4.07. The maximum Gasteiger partial charge on any atom is 0.126 e. The molecule has 1 aromatic carbocycles. The highest BCUT2D eigenvalue weighted by atomic mass is 32.1. The van der Waals surface area contributed by atoms with Gasteiger partial charge < -0.3 is 5.11 Å². The van der Waals surface area contributed by atoms with E-state index >= 15 is 0 Å². The molecule has 1 nitrogen and oxygen atoms in total. The fourth-order valence-corrected chi connectivity index (χ4v) is 2.70. The van der Waals surface area contributed by atoms with Gasteiger partial charge in [-0.25, -0.2) is 4.39 Å². The lowest BCUT2D eigenvalue weighted by Crippen LogP contribution is -1.98. The highest BCUT2D eigenvalue weighted by Crippen LogP contribution is 2.29. The van der Waals surface area contributed by atoms with Gasteiger partial charge in [-0.2, -0.15) is 0 Å². The van der Waals surface area contributed by atoms with Crippen LogP contribution in [0.15, 0.2) is 30.3 Å². The van der Waals surface area contributed by atoms with Crippen molar-refractivity contribution in [3.63, 3.8) is 0 Å². The van der Waals surface area contributed by atoms with E-state index in [0.29, 0.717) is 5.56 Å². The Kier molecular flexibility index (Phi) is 3.60. The summed E-state index contributed by atoms with van der Waals surface area (Å²) in [5, 5.41) is 10.2. The third-order valence-corrected chi connectivity index (χ3v) is 4.08. The minimum atomic E-state index is -0.653. The fraction of sp³-hybridized carbons (Fsp3) is 0.286. The van der Waals surface area contributed by atoms with E-state index in [-0.39, 0.29) is 5.82 Å². The molecule has 1 unspecified atom stereocenters. The van der Waals surface area contributed by atoms with E-state index in [1.165, 1.54) is 10.9 Å². The van der Waals surface area contributed by atoms with Crippen LogP contribution in [0.1, 0.15) is 33.9 Å². The summed E-state index contributed by atoms with van der Waals surface area (Å²) in [4.78, 5) is 2.16. The molecule has 0 aliphatic carbocycles. The number of thiophene rings is 1. The van der Waals surface area contributed by atoms with Crippen LogP contribution in [0.4, 0.5) is 4.39 Å². The van der Waals surface area contributed by atoms with Crippen LogP contribution in [0, 0.1) is 12.7 Å². The monoisotopic (exact) mass is 250 g/mol. The first kappa shape index (κ1) is 12.3. The van der Waals surface area contributed by atoms with Gasteiger partial charge in [0.25, 0.3) is 0 Å². The zero-order chi connectivity index (χ0) is 12.4. The summed E-state index contributed by atoms with van der Waals surface area (Å²) in [5.41, 5.74) is 1.31. The van der Waals surface area contributed by atoms with Crippen LogP contribution in [-0.2, 0) is 6.42 Å². The molecule has 1 aromatic heterocycles. The molecule has 0 bridgehead atoms. The standard InChI is InChI=1S/C14H15FOS/c1-3-11-5-7-13(17-11)14(16)10-4-6-12(15)9(2)8-10/h4-8,14,16H,3H2,1-2H3. The van der Waals surface area contributed by atoms with Crippen molar-refractivity contribution in [1.29, 1.82) is 0 Å². The molecule has 0 radical (unpaired) electrons. The minimum absolute atomic E-state index is 0.235. The van der Waals surface area contributed by atoms with Crippen molar-refractivity contribution in [2.45, 2.75) is 26.4 Å². The summed E-state index contributed by atoms with van der Waals surface area (Å²) < 4.78 is 13.1. The molecule has 0 fully saturated rings. The number of aliphatic hydroxyl groups excluding tert-OH is 1. The smallest absolute Gasteiger partial charge is 0.126 e. The Morgan fingerprint density at radius 1 is 1.29 bits per heavy atom. The summed E-state index contributed by atoms with van der Waals surface area (Å²) in [6.07, 6.45) is 0.319. The van der Waals surface area contributed by atoms with E-state index < -0.39 is 6.10 Å². The first-order valence-electron chi connectivity index (χ1n) is 5.64. The molecule has 0 saturated heterocycles. The van der Waals surface area contributed by atoms with Gasteiger partial charge in [-0.15, -0.1) is 11.3 Å². The molecule has 2 rings (SSSR count). The van der Waals surface area contributed by atoms with Crippen molar-refractivity contribution >= 4 is 11.3 Å². The number of benzene rings is 1. The van der Waals surface area contributed by atoms with Crippen LogP contribution in [0.3, 0.4) is 0 Å². The molecule has 17 heavy (non-hydrogen) atoms. The minimum Gasteiger partial charge on any atom is -0.383 e. The van der Waals surface area contributed by atoms with Crippen molar-refractivity contribution in [2.75, 3.05) is 0 Å². The summed E-state index contributed by atoms with van der Waals surface area (Å²) in [5.74, 6) is -0.235. The zero-order valence-corrected chi connectivity index (χ0v) is 10.7. The second-order valence-corrected chi connectivity index (χ2v) is 5.27. The lowest BCUT2D eigenvalue weighted by molar-refractivity contribution is 0.224. The molecule has 0 aliphatic heterocycles. The largest absolute Gasteiger partial charge is 0.383 e. The van der Waals surface area contributed by atoms with Crippen LogP contribution in [0.25, 0.3) is 0 Å². The molecule has 3 heteroatoms. The van der Waals surface area contributed by atoms with Gasteiger partial charge in [-0.1, -0.05) is 19.1 Å². The maximum atomic E-state index is 13.1. The van der Waals surface area contributed by atoms with Crippen LogP contribution in [-0.4, -0.2) is 5.11 Å². The third kappa shape index (κ3) is 2.56. The van der Waals surface area contributed by atoms with E-state index in [0.717, 1.165) is 16.9 Å². The zero-order valence-electron chi connectivity index (χ0n) is 9.90. The Morgan fingerprint density at radius 2 is 2.06 bits per heavy atom. The van der Waals surface area contributed by atoms with Crippen LogP contribution < -0.4 is 0 Å². The first-order valence-corrected chi connectivity index (χ1v) is 6.46. The second kappa shape index (κ2) is 4.98. The molecule has 1 atom stereocenters. The molecule has 0 aliphatic rings. The molecule has 0 saturated carbocycles. The average molecular weight is 250 g/mol. The topological polar surface area (TPSA) is 20.2 Å². The Labute approximate surface area is 105 Å². The summed E-state index contributed by atoms with van der Waals surface area (Å²) in [7, 11) is 0. The average Bonchev–Trinajstić information content (AvgIpc) is 2.80. The van der Waals surface area contributed by atoms with Gasteiger partial charge in [0.1, 0.15) is 11.9 Å². The lowest BCUT2D eigenvalue weighted by atomic mass is 10.1. The summed E-state index contributed by atoms with van der Waals surface area (Å²) in [6, 6.07) is 8.71. The predicted octanol–water partition coefficient (Wildman–Crippen LogP) is 3.84. The van der Waals surface area contributed by atoms with Crippen LogP contribution >= 0.6 is 11.3 Å². The molecule has 1 heterocycles. The number of aliphatic hydroxyl groups is 1. The molecular weight excluding hydrogens is 235 g/mol. The summed E-state index contributed by atoms with van der Waals surface area (Å²) >= 11 is 1.60. The Morgan fingerprint density at radius 3 is 2.65 bits per heavy atom. The van der Waals surface area contributed by atoms with Crippen molar-refractivity contribution < 1.29 is 9.50 Å². The van der Waals surface area contributed by atoms with Crippen molar-refractivity contribution in [1.82, 2.24) is 0 Å². The van der Waals surface area contributed by atoms with Gasteiger partial charge in [0.05, 0.1) is 0 Å². The fourth-order valence-electron chi connectivity index (χ4n) is 1.73. The number of aryl methyl sites for hydroxylation is 2. The van der Waals surface area contributed by atoms with Gasteiger partial charge in [-0.3, -0.25) is 0 Å². The van der Waals surface area contributed by atoms with Crippen LogP contribution in [0.5, 0.6) is 0 Å². The van der Waals surface area contributed by atoms with Crippen molar-refractivity contribution in [3.05, 3.63) is 57.0 Å². The molecule has 2 aromatic rings.